The Labute approximate surface area is 171 Å². The lowest BCUT2D eigenvalue weighted by molar-refractivity contribution is -0.160. The summed E-state index contributed by atoms with van der Waals surface area (Å²) in [6, 6.07) is 0.773. The number of Topliss-reactive ketones (excluding diaryl/α,β-unsaturated/α-hetero) is 2. The Morgan fingerprint density at radius 3 is 2.46 bits per heavy atom. The van der Waals surface area contributed by atoms with Gasteiger partial charge in [0.2, 0.25) is 0 Å². The van der Waals surface area contributed by atoms with Gasteiger partial charge in [0.15, 0.2) is 0 Å². The van der Waals surface area contributed by atoms with Crippen molar-refractivity contribution in [1.82, 2.24) is 4.90 Å². The minimum atomic E-state index is -0.0555. The highest BCUT2D eigenvalue weighted by atomic mass is 16.1. The van der Waals surface area contributed by atoms with E-state index in [9.17, 15) is 9.59 Å². The van der Waals surface area contributed by atoms with Crippen molar-refractivity contribution >= 4 is 11.6 Å². The predicted molar refractivity (Wildman–Crippen MR) is 111 cm³/mol. The van der Waals surface area contributed by atoms with Crippen molar-refractivity contribution in [3.63, 3.8) is 0 Å². The third-order valence-electron chi connectivity index (χ3n) is 10.5. The van der Waals surface area contributed by atoms with Crippen molar-refractivity contribution < 1.29 is 9.59 Å². The number of hydrogen-bond donors (Lipinski definition) is 0. The molecule has 1 aliphatic heterocycles. The monoisotopic (exact) mass is 385 g/mol. The maximum absolute atomic E-state index is 13.6. The molecule has 5 fully saturated rings. The number of fused-ring (bicyclic) bond motifs is 5. The van der Waals surface area contributed by atoms with E-state index in [4.69, 9.17) is 0 Å². The van der Waals surface area contributed by atoms with Crippen LogP contribution in [0.15, 0.2) is 0 Å². The molecule has 3 nitrogen and oxygen atoms in total. The number of carbonyl (C=O) groups is 2. The van der Waals surface area contributed by atoms with Crippen LogP contribution in [0.5, 0.6) is 0 Å². The Hall–Kier alpha value is -0.700. The first-order valence-electron chi connectivity index (χ1n) is 12.1. The average molecular weight is 386 g/mol. The van der Waals surface area contributed by atoms with Gasteiger partial charge in [-0.1, -0.05) is 13.8 Å². The second kappa shape index (κ2) is 6.65. The molecule has 4 aliphatic carbocycles. The summed E-state index contributed by atoms with van der Waals surface area (Å²) in [6.07, 6.45) is 12.0. The van der Waals surface area contributed by atoms with Crippen LogP contribution in [0, 0.1) is 40.4 Å². The summed E-state index contributed by atoms with van der Waals surface area (Å²) in [5.41, 5.74) is 0.159. The van der Waals surface area contributed by atoms with Crippen molar-refractivity contribution in [2.45, 2.75) is 91.0 Å². The minimum absolute atomic E-state index is 0.0555. The van der Waals surface area contributed by atoms with Crippen LogP contribution in [0.4, 0.5) is 0 Å². The van der Waals surface area contributed by atoms with Gasteiger partial charge in [-0.3, -0.25) is 9.59 Å². The summed E-state index contributed by atoms with van der Waals surface area (Å²) < 4.78 is 0. The molecule has 4 saturated carbocycles. The van der Waals surface area contributed by atoms with Crippen LogP contribution in [-0.4, -0.2) is 35.6 Å². The average Bonchev–Trinajstić information content (AvgIpc) is 3.27. The number of carbonyl (C=O) groups excluding carboxylic acids is 2. The van der Waals surface area contributed by atoms with Gasteiger partial charge in [-0.25, -0.2) is 0 Å². The zero-order chi connectivity index (χ0) is 19.7. The Morgan fingerprint density at radius 2 is 1.75 bits per heavy atom. The molecular weight excluding hydrogens is 346 g/mol. The Bertz CT molecular complexity index is 667. The molecule has 1 saturated heterocycles. The molecule has 0 spiro atoms. The van der Waals surface area contributed by atoms with Gasteiger partial charge < -0.3 is 4.90 Å². The molecule has 0 bridgehead atoms. The molecule has 0 aromatic heterocycles. The fourth-order valence-corrected chi connectivity index (χ4v) is 9.16. The van der Waals surface area contributed by atoms with Gasteiger partial charge in [-0.05, 0) is 106 Å². The normalized spacial score (nSPS) is 51.5. The zero-order valence-corrected chi connectivity index (χ0v) is 18.2. The topological polar surface area (TPSA) is 37.4 Å². The lowest BCUT2D eigenvalue weighted by atomic mass is 9.44. The van der Waals surface area contributed by atoms with Crippen molar-refractivity contribution in [3.05, 3.63) is 0 Å². The highest BCUT2D eigenvalue weighted by Gasteiger charge is 2.63. The molecule has 28 heavy (non-hydrogen) atoms. The summed E-state index contributed by atoms with van der Waals surface area (Å²) in [5, 5.41) is 0. The number of rotatable bonds is 2. The molecule has 1 heterocycles. The van der Waals surface area contributed by atoms with Crippen LogP contribution >= 0.6 is 0 Å². The van der Waals surface area contributed by atoms with Crippen LogP contribution in [0.3, 0.4) is 0 Å². The third-order valence-corrected chi connectivity index (χ3v) is 10.5. The number of likely N-dealkylation sites (tertiary alicyclic amines) is 1. The fourth-order valence-electron chi connectivity index (χ4n) is 9.16. The smallest absolute Gasteiger partial charge is 0.137 e. The molecule has 8 atom stereocenters. The number of nitrogens with zero attached hydrogens (tertiary/aromatic N) is 1. The van der Waals surface area contributed by atoms with E-state index in [0.717, 1.165) is 18.4 Å². The minimum Gasteiger partial charge on any atom is -0.300 e. The zero-order valence-electron chi connectivity index (χ0n) is 18.2. The first-order chi connectivity index (χ1) is 13.3. The van der Waals surface area contributed by atoms with Gasteiger partial charge in [0.1, 0.15) is 11.6 Å². The Kier molecular flexibility index (Phi) is 4.58. The number of hydrogen-bond acceptors (Lipinski definition) is 3. The molecule has 5 rings (SSSR count). The van der Waals surface area contributed by atoms with E-state index < -0.39 is 0 Å². The maximum atomic E-state index is 13.6. The van der Waals surface area contributed by atoms with Crippen LogP contribution < -0.4 is 0 Å². The first-order valence-corrected chi connectivity index (χ1v) is 12.1. The molecule has 156 valence electrons. The fraction of sp³-hybridized carbons (Fsp3) is 0.920. The van der Waals surface area contributed by atoms with E-state index in [1.807, 2.05) is 0 Å². The van der Waals surface area contributed by atoms with Crippen LogP contribution in [0.2, 0.25) is 0 Å². The van der Waals surface area contributed by atoms with Gasteiger partial charge >= 0.3 is 0 Å². The molecule has 0 radical (unpaired) electrons. The van der Waals surface area contributed by atoms with E-state index in [-0.39, 0.29) is 22.7 Å². The van der Waals surface area contributed by atoms with Crippen LogP contribution in [0.1, 0.15) is 85.0 Å². The third kappa shape index (κ3) is 2.63. The molecular formula is C25H39NO2. The largest absolute Gasteiger partial charge is 0.300 e. The van der Waals surface area contributed by atoms with E-state index in [1.165, 1.54) is 64.5 Å². The van der Waals surface area contributed by atoms with E-state index in [0.29, 0.717) is 29.8 Å². The SMILES string of the molecule is CC(=O)[C@@H]1CC[C@@H]2[C@@H]3CC[C@H]4C[C@H](N5CCCC5)CC[C@]4(C)[C@H]3C(=O)C[C@@]21C. The molecule has 3 heteroatoms. The molecule has 0 aromatic rings. The first kappa shape index (κ1) is 19.3. The Balaban J connectivity index is 1.40. The van der Waals surface area contributed by atoms with Gasteiger partial charge in [-0.2, -0.15) is 0 Å². The highest BCUT2D eigenvalue weighted by Crippen LogP contribution is 2.66. The molecule has 5 aliphatic rings. The summed E-state index contributed by atoms with van der Waals surface area (Å²) in [4.78, 5) is 28.7. The highest BCUT2D eigenvalue weighted by molar-refractivity contribution is 5.87. The van der Waals surface area contributed by atoms with Gasteiger partial charge in [-0.15, -0.1) is 0 Å². The van der Waals surface area contributed by atoms with Gasteiger partial charge in [0.25, 0.3) is 0 Å². The lowest BCUT2D eigenvalue weighted by Gasteiger charge is -2.60. The van der Waals surface area contributed by atoms with Crippen molar-refractivity contribution in [1.29, 1.82) is 0 Å². The van der Waals surface area contributed by atoms with Crippen LogP contribution in [0.25, 0.3) is 0 Å². The van der Waals surface area contributed by atoms with E-state index in [2.05, 4.69) is 18.7 Å². The summed E-state index contributed by atoms with van der Waals surface area (Å²) in [5.74, 6) is 3.10. The van der Waals surface area contributed by atoms with Crippen molar-refractivity contribution in [2.24, 2.45) is 40.4 Å². The Morgan fingerprint density at radius 1 is 1.00 bits per heavy atom. The second-order valence-electron chi connectivity index (χ2n) is 11.6. The quantitative estimate of drug-likeness (QED) is 0.680. The van der Waals surface area contributed by atoms with E-state index >= 15 is 0 Å². The number of ketones is 2. The lowest BCUT2D eigenvalue weighted by Crippen LogP contribution is -2.58. The van der Waals surface area contributed by atoms with E-state index in [1.54, 1.807) is 6.92 Å². The van der Waals surface area contributed by atoms with Gasteiger partial charge in [0, 0.05) is 24.3 Å². The van der Waals surface area contributed by atoms with Crippen molar-refractivity contribution in [3.8, 4) is 0 Å². The van der Waals surface area contributed by atoms with Crippen LogP contribution in [-0.2, 0) is 9.59 Å². The molecule has 0 amide bonds. The molecule has 0 unspecified atom stereocenters. The standard InChI is InChI=1S/C25H39NO2/c1-16(27)20-8-9-21-19-7-6-17-14-18(26-12-4-5-13-26)10-11-24(17,2)23(19)22(28)15-25(20,21)3/h17-21,23H,4-15H2,1-3H3/t17-,18+,19-,20-,21+,23+,24-,25+/m0/s1. The summed E-state index contributed by atoms with van der Waals surface area (Å²) in [7, 11) is 0. The predicted octanol–water partition coefficient (Wildman–Crippen LogP) is 4.88. The second-order valence-corrected chi connectivity index (χ2v) is 11.6. The molecule has 0 aromatic carbocycles. The van der Waals surface area contributed by atoms with Crippen molar-refractivity contribution in [2.75, 3.05) is 13.1 Å². The summed E-state index contributed by atoms with van der Waals surface area (Å²) >= 11 is 0. The maximum Gasteiger partial charge on any atom is 0.137 e. The van der Waals surface area contributed by atoms with Gasteiger partial charge in [0.05, 0.1) is 0 Å². The summed E-state index contributed by atoms with van der Waals surface area (Å²) in [6.45, 7) is 9.11. The molecule has 0 N–H and O–H groups in total.